The molecule has 3 N–H and O–H groups in total. The van der Waals surface area contributed by atoms with Crippen LogP contribution in [0.25, 0.3) is 0 Å². The van der Waals surface area contributed by atoms with Gasteiger partial charge in [0.15, 0.2) is 11.5 Å². The van der Waals surface area contributed by atoms with E-state index in [1.165, 1.54) is 13.0 Å². The van der Waals surface area contributed by atoms with Gasteiger partial charge in [0, 0.05) is 17.8 Å². The maximum atomic E-state index is 9.72. The molecule has 0 unspecified atom stereocenters. The Morgan fingerprint density at radius 3 is 2.53 bits per heavy atom. The Balaban J connectivity index is 2.78. The van der Waals surface area contributed by atoms with Gasteiger partial charge < -0.3 is 15.3 Å². The quantitative estimate of drug-likeness (QED) is 0.318. The number of nitrogens with zero attached hydrogens (tertiary/aromatic N) is 1. The van der Waals surface area contributed by atoms with Gasteiger partial charge in [0.1, 0.15) is 11.4 Å². The van der Waals surface area contributed by atoms with Crippen molar-refractivity contribution in [1.29, 1.82) is 0 Å². The van der Waals surface area contributed by atoms with Crippen LogP contribution in [0.3, 0.4) is 0 Å². The molecule has 1 rings (SSSR count). The summed E-state index contributed by atoms with van der Waals surface area (Å²) in [6.07, 6.45) is 5.93. The molecule has 0 saturated carbocycles. The molecule has 1 aromatic carbocycles. The SMILES string of the molecule is CCCCCC=Nc1cc(O)c(O)c(C)c1O. The first-order valence-electron chi connectivity index (χ1n) is 5.85. The van der Waals surface area contributed by atoms with Crippen molar-refractivity contribution in [2.75, 3.05) is 0 Å². The Bertz CT molecular complexity index is 414. The highest BCUT2D eigenvalue weighted by atomic mass is 16.3. The Labute approximate surface area is 101 Å². The maximum Gasteiger partial charge on any atom is 0.164 e. The summed E-state index contributed by atoms with van der Waals surface area (Å²) in [6, 6.07) is 1.26. The van der Waals surface area contributed by atoms with Crippen molar-refractivity contribution >= 4 is 11.9 Å². The number of hydrogen-bond donors (Lipinski definition) is 3. The summed E-state index contributed by atoms with van der Waals surface area (Å²) in [5.41, 5.74) is 0.528. The zero-order valence-corrected chi connectivity index (χ0v) is 10.3. The molecule has 0 aromatic heterocycles. The number of aromatic hydroxyl groups is 3. The third-order valence-corrected chi connectivity index (χ3v) is 2.64. The lowest BCUT2D eigenvalue weighted by molar-refractivity contribution is 0.393. The average molecular weight is 237 g/mol. The van der Waals surface area contributed by atoms with E-state index in [0.717, 1.165) is 25.7 Å². The molecule has 0 saturated heterocycles. The first-order chi connectivity index (χ1) is 8.07. The third kappa shape index (κ3) is 3.37. The Hall–Kier alpha value is -1.71. The van der Waals surface area contributed by atoms with Crippen LogP contribution in [0.15, 0.2) is 11.1 Å². The summed E-state index contributed by atoms with van der Waals surface area (Å²) >= 11 is 0. The highest BCUT2D eigenvalue weighted by molar-refractivity contribution is 5.71. The number of hydrogen-bond acceptors (Lipinski definition) is 4. The largest absolute Gasteiger partial charge is 0.505 e. The van der Waals surface area contributed by atoms with Crippen molar-refractivity contribution in [2.45, 2.75) is 39.5 Å². The highest BCUT2D eigenvalue weighted by Gasteiger charge is 2.12. The Morgan fingerprint density at radius 2 is 1.88 bits per heavy atom. The van der Waals surface area contributed by atoms with E-state index in [-0.39, 0.29) is 28.5 Å². The Morgan fingerprint density at radius 1 is 1.18 bits per heavy atom. The molecule has 4 heteroatoms. The molecule has 0 fully saturated rings. The zero-order valence-electron chi connectivity index (χ0n) is 10.3. The molecule has 0 heterocycles. The third-order valence-electron chi connectivity index (χ3n) is 2.64. The van der Waals surface area contributed by atoms with Crippen molar-refractivity contribution < 1.29 is 15.3 Å². The van der Waals surface area contributed by atoms with Gasteiger partial charge in [-0.3, -0.25) is 4.99 Å². The summed E-state index contributed by atoms with van der Waals surface area (Å²) in [6.45, 7) is 3.66. The minimum atomic E-state index is -0.299. The zero-order chi connectivity index (χ0) is 12.8. The van der Waals surface area contributed by atoms with E-state index >= 15 is 0 Å². The summed E-state index contributed by atoms with van der Waals surface area (Å²) in [5, 5.41) is 28.5. The van der Waals surface area contributed by atoms with Crippen molar-refractivity contribution in [1.82, 2.24) is 0 Å². The molecular formula is C13H19NO3. The van der Waals surface area contributed by atoms with Crippen LogP contribution >= 0.6 is 0 Å². The second kappa shape index (κ2) is 6.13. The molecule has 0 aliphatic rings. The first-order valence-corrected chi connectivity index (χ1v) is 5.85. The minimum absolute atomic E-state index is 0.0907. The van der Waals surface area contributed by atoms with Gasteiger partial charge in [-0.15, -0.1) is 0 Å². The predicted molar refractivity (Wildman–Crippen MR) is 68.5 cm³/mol. The normalized spacial score (nSPS) is 11.2. The number of rotatable bonds is 5. The van der Waals surface area contributed by atoms with Crippen LogP contribution in [0.2, 0.25) is 0 Å². The summed E-state index contributed by atoms with van der Waals surface area (Å²) in [7, 11) is 0. The molecule has 0 aliphatic heterocycles. The lowest BCUT2D eigenvalue weighted by Gasteiger charge is -2.06. The van der Waals surface area contributed by atoms with E-state index in [9.17, 15) is 15.3 Å². The molecule has 0 spiro atoms. The van der Waals surface area contributed by atoms with Gasteiger partial charge in [-0.1, -0.05) is 19.8 Å². The van der Waals surface area contributed by atoms with Gasteiger partial charge >= 0.3 is 0 Å². The number of benzene rings is 1. The molecule has 0 bridgehead atoms. The predicted octanol–water partition coefficient (Wildman–Crippen LogP) is 3.39. The summed E-state index contributed by atoms with van der Waals surface area (Å²) in [4.78, 5) is 4.09. The lowest BCUT2D eigenvalue weighted by Crippen LogP contribution is -1.81. The van der Waals surface area contributed by atoms with Gasteiger partial charge in [-0.2, -0.15) is 0 Å². The molecule has 0 radical (unpaired) electrons. The average Bonchev–Trinajstić information content (AvgIpc) is 2.32. The van der Waals surface area contributed by atoms with Gasteiger partial charge in [-0.25, -0.2) is 0 Å². The van der Waals surface area contributed by atoms with E-state index in [0.29, 0.717) is 0 Å². The fourth-order valence-electron chi connectivity index (χ4n) is 1.51. The summed E-state index contributed by atoms with van der Waals surface area (Å²) < 4.78 is 0. The van der Waals surface area contributed by atoms with Crippen molar-refractivity contribution in [3.05, 3.63) is 11.6 Å². The van der Waals surface area contributed by atoms with Crippen LogP contribution in [0.4, 0.5) is 5.69 Å². The lowest BCUT2D eigenvalue weighted by atomic mass is 10.1. The highest BCUT2D eigenvalue weighted by Crippen LogP contribution is 2.41. The van der Waals surface area contributed by atoms with E-state index in [4.69, 9.17) is 0 Å². The van der Waals surface area contributed by atoms with E-state index in [2.05, 4.69) is 11.9 Å². The standard InChI is InChI=1S/C13H19NO3/c1-3-4-5-6-7-14-10-8-11(15)13(17)9(2)12(10)16/h7-8,15-17H,3-6H2,1-2H3. The number of unbranched alkanes of at least 4 members (excludes halogenated alkanes) is 3. The van der Waals surface area contributed by atoms with Crippen LogP contribution in [0.5, 0.6) is 17.2 Å². The number of phenolic OH excluding ortho intramolecular Hbond substituents is 3. The molecule has 4 nitrogen and oxygen atoms in total. The van der Waals surface area contributed by atoms with E-state index in [1.807, 2.05) is 0 Å². The van der Waals surface area contributed by atoms with E-state index < -0.39 is 0 Å². The smallest absolute Gasteiger partial charge is 0.164 e. The molecule has 1 aromatic rings. The molecule has 17 heavy (non-hydrogen) atoms. The second-order valence-electron chi connectivity index (χ2n) is 4.04. The number of phenols is 3. The van der Waals surface area contributed by atoms with E-state index in [1.54, 1.807) is 6.21 Å². The minimum Gasteiger partial charge on any atom is -0.505 e. The maximum absolute atomic E-state index is 9.72. The molecule has 0 atom stereocenters. The van der Waals surface area contributed by atoms with Crippen LogP contribution in [0.1, 0.15) is 38.2 Å². The van der Waals surface area contributed by atoms with Gasteiger partial charge in [0.05, 0.1) is 0 Å². The van der Waals surface area contributed by atoms with Crippen LogP contribution in [-0.2, 0) is 0 Å². The fourth-order valence-corrected chi connectivity index (χ4v) is 1.51. The van der Waals surface area contributed by atoms with Crippen molar-refractivity contribution in [3.8, 4) is 17.2 Å². The van der Waals surface area contributed by atoms with Crippen molar-refractivity contribution in [3.63, 3.8) is 0 Å². The van der Waals surface area contributed by atoms with Crippen LogP contribution in [0, 0.1) is 6.92 Å². The molecule has 0 amide bonds. The molecule has 0 aliphatic carbocycles. The van der Waals surface area contributed by atoms with Gasteiger partial charge in [0.2, 0.25) is 0 Å². The second-order valence-corrected chi connectivity index (χ2v) is 4.04. The number of aliphatic imine (C=N–C) groups is 1. The van der Waals surface area contributed by atoms with Crippen LogP contribution in [-0.4, -0.2) is 21.5 Å². The molecule has 94 valence electrons. The summed E-state index contributed by atoms with van der Waals surface area (Å²) in [5.74, 6) is -0.652. The monoisotopic (exact) mass is 237 g/mol. The van der Waals surface area contributed by atoms with Gasteiger partial charge in [0.25, 0.3) is 0 Å². The Kier molecular flexibility index (Phi) is 4.82. The fraction of sp³-hybridized carbons (Fsp3) is 0.462. The van der Waals surface area contributed by atoms with Gasteiger partial charge in [-0.05, 0) is 19.8 Å². The molecular weight excluding hydrogens is 218 g/mol. The first kappa shape index (κ1) is 13.4. The van der Waals surface area contributed by atoms with Crippen LogP contribution < -0.4 is 0 Å². The van der Waals surface area contributed by atoms with Crippen molar-refractivity contribution in [2.24, 2.45) is 4.99 Å². The topological polar surface area (TPSA) is 73.1 Å².